The fraction of sp³-hybridized carbons (Fsp3) is 0.543. The van der Waals surface area contributed by atoms with Crippen molar-refractivity contribution >= 4 is 19.2 Å². The summed E-state index contributed by atoms with van der Waals surface area (Å²) in [7, 11) is -2.19. The summed E-state index contributed by atoms with van der Waals surface area (Å²) in [5.74, 6) is 0.168. The highest BCUT2D eigenvalue weighted by atomic mass is 28.4. The highest BCUT2D eigenvalue weighted by Gasteiger charge is 2.39. The number of benzene rings is 2. The van der Waals surface area contributed by atoms with E-state index in [9.17, 15) is 0 Å². The van der Waals surface area contributed by atoms with Crippen molar-refractivity contribution in [2.45, 2.75) is 90.6 Å². The summed E-state index contributed by atoms with van der Waals surface area (Å²) < 4.78 is 49.3. The van der Waals surface area contributed by atoms with Crippen LogP contribution in [0.1, 0.15) is 58.7 Å². The van der Waals surface area contributed by atoms with Crippen LogP contribution in [0.5, 0.6) is 5.75 Å². The Morgan fingerprint density at radius 3 is 2.59 bits per heavy atom. The Morgan fingerprint density at radius 2 is 1.85 bits per heavy atom. The molecule has 1 aliphatic heterocycles. The van der Waals surface area contributed by atoms with Gasteiger partial charge in [-0.25, -0.2) is 9.07 Å². The summed E-state index contributed by atoms with van der Waals surface area (Å²) in [6, 6.07) is 13.5. The molecule has 4 aromatic rings. The fourth-order valence-corrected chi connectivity index (χ4v) is 6.15. The number of rotatable bonds is 15. The largest absolute Gasteiger partial charge is 0.543 e. The van der Waals surface area contributed by atoms with E-state index < -0.39 is 8.32 Å². The second-order valence-corrected chi connectivity index (χ2v) is 18.3. The highest BCUT2D eigenvalue weighted by Crippen LogP contribution is 2.40. The Hall–Kier alpha value is -3.09. The molecule has 2 atom stereocenters. The van der Waals surface area contributed by atoms with Crippen molar-refractivity contribution in [1.82, 2.24) is 19.6 Å². The summed E-state index contributed by atoms with van der Waals surface area (Å²) in [6.07, 6.45) is 6.19. The molecule has 0 spiro atoms. The van der Waals surface area contributed by atoms with Gasteiger partial charge in [-0.1, -0.05) is 51.1 Å². The van der Waals surface area contributed by atoms with E-state index in [1.54, 1.807) is 10.9 Å². The van der Waals surface area contributed by atoms with Crippen LogP contribution in [0.3, 0.4) is 0 Å². The average molecular weight is 653 g/mol. The molecule has 3 heterocycles. The Kier molecular flexibility index (Phi) is 11.3. The topological polar surface area (TPSA) is 81.8 Å². The minimum atomic E-state index is -2.19. The van der Waals surface area contributed by atoms with Crippen molar-refractivity contribution < 1.29 is 27.8 Å². The highest BCUT2D eigenvalue weighted by molar-refractivity contribution is 6.74. The first-order valence-corrected chi connectivity index (χ1v) is 19.3. The van der Waals surface area contributed by atoms with Gasteiger partial charge in [0.25, 0.3) is 0 Å². The van der Waals surface area contributed by atoms with Crippen LogP contribution < -0.4 is 4.43 Å². The zero-order valence-corrected chi connectivity index (χ0v) is 29.1. The van der Waals surface area contributed by atoms with Crippen LogP contribution in [0, 0.1) is 5.82 Å². The molecule has 0 radical (unpaired) electrons. The van der Waals surface area contributed by atoms with Gasteiger partial charge in [-0.2, -0.15) is 10.2 Å². The third kappa shape index (κ3) is 8.63. The van der Waals surface area contributed by atoms with Gasteiger partial charge in [0.05, 0.1) is 51.9 Å². The van der Waals surface area contributed by atoms with Gasteiger partial charge in [-0.3, -0.25) is 4.68 Å². The third-order valence-corrected chi connectivity index (χ3v) is 13.2. The van der Waals surface area contributed by atoms with Gasteiger partial charge < -0.3 is 23.4 Å². The van der Waals surface area contributed by atoms with Crippen LogP contribution in [0.15, 0.2) is 54.9 Å². The Labute approximate surface area is 273 Å². The Balaban J connectivity index is 1.20. The molecule has 0 amide bonds. The van der Waals surface area contributed by atoms with E-state index in [1.165, 1.54) is 6.07 Å². The number of aromatic nitrogens is 4. The van der Waals surface area contributed by atoms with Crippen LogP contribution in [0.2, 0.25) is 18.1 Å². The predicted molar refractivity (Wildman–Crippen MR) is 180 cm³/mol. The summed E-state index contributed by atoms with van der Waals surface area (Å²) in [4.78, 5) is 0. The van der Waals surface area contributed by atoms with E-state index in [4.69, 9.17) is 28.5 Å². The lowest BCUT2D eigenvalue weighted by Crippen LogP contribution is -2.43. The lowest BCUT2D eigenvalue weighted by molar-refractivity contribution is -0.0368. The monoisotopic (exact) mass is 652 g/mol. The maximum absolute atomic E-state index is 15.9. The lowest BCUT2D eigenvalue weighted by atomic mass is 10.1. The first-order chi connectivity index (χ1) is 22.0. The molecular weight excluding hydrogens is 603 g/mol. The molecule has 1 saturated heterocycles. The van der Waals surface area contributed by atoms with E-state index in [1.807, 2.05) is 54.2 Å². The number of halogens is 1. The van der Waals surface area contributed by atoms with E-state index in [0.29, 0.717) is 68.5 Å². The van der Waals surface area contributed by atoms with Gasteiger partial charge in [-0.15, -0.1) is 0 Å². The number of ether oxygens (including phenoxy) is 4. The SMILES string of the molecule is CC(COCCOCCn1cc(-c2nn(C3CCCCO3)c3c(F)cc(O[Si](C)(C)C(C)(C)C)cc23)cn1)OCc1ccccc1. The van der Waals surface area contributed by atoms with Gasteiger partial charge in [0.1, 0.15) is 17.0 Å². The van der Waals surface area contributed by atoms with Crippen molar-refractivity contribution in [2.75, 3.05) is 33.0 Å². The van der Waals surface area contributed by atoms with Crippen molar-refractivity contribution in [3.63, 3.8) is 0 Å². The van der Waals surface area contributed by atoms with Crippen LogP contribution >= 0.6 is 0 Å². The van der Waals surface area contributed by atoms with Gasteiger partial charge >= 0.3 is 0 Å². The van der Waals surface area contributed by atoms with E-state index in [-0.39, 0.29) is 23.2 Å². The van der Waals surface area contributed by atoms with Crippen LogP contribution in [0.4, 0.5) is 4.39 Å². The predicted octanol–water partition coefficient (Wildman–Crippen LogP) is 7.76. The summed E-state index contributed by atoms with van der Waals surface area (Å²) in [5, 5.41) is 10.1. The molecule has 2 unspecified atom stereocenters. The van der Waals surface area contributed by atoms with Crippen molar-refractivity contribution in [3.8, 4) is 17.0 Å². The smallest absolute Gasteiger partial charge is 0.250 e. The van der Waals surface area contributed by atoms with Crippen LogP contribution in [-0.4, -0.2) is 67.0 Å². The second-order valence-electron chi connectivity index (χ2n) is 13.6. The summed E-state index contributed by atoms with van der Waals surface area (Å²) >= 11 is 0. The minimum absolute atomic E-state index is 0.00453. The zero-order valence-electron chi connectivity index (χ0n) is 28.1. The van der Waals surface area contributed by atoms with Crippen molar-refractivity contribution in [3.05, 3.63) is 66.2 Å². The van der Waals surface area contributed by atoms with Gasteiger partial charge in [0, 0.05) is 29.8 Å². The Bertz CT molecular complexity index is 1550. The second kappa shape index (κ2) is 15.2. The average Bonchev–Trinajstić information content (AvgIpc) is 3.65. The Morgan fingerprint density at radius 1 is 1.07 bits per heavy atom. The zero-order chi connectivity index (χ0) is 32.7. The van der Waals surface area contributed by atoms with E-state index in [2.05, 4.69) is 39.0 Å². The normalized spacial score (nSPS) is 16.6. The number of hydrogen-bond acceptors (Lipinski definition) is 7. The molecule has 0 saturated carbocycles. The maximum Gasteiger partial charge on any atom is 0.250 e. The standard InChI is InChI=1S/C35H49FN4O5Si/c1-26(44-25-27-12-8-7-9-13-27)24-42-19-18-41-17-15-39-23-28(22-37-39)33-30-20-29(45-46(5,6)35(2,3)4)21-31(36)34(30)40(38-33)32-14-10-11-16-43-32/h7-9,12-13,20-23,26,32H,10-11,14-19,24-25H2,1-6H3. The third-order valence-electron chi connectivity index (χ3n) is 8.81. The van der Waals surface area contributed by atoms with Gasteiger partial charge in [0.2, 0.25) is 8.32 Å². The van der Waals surface area contributed by atoms with E-state index in [0.717, 1.165) is 30.4 Å². The molecule has 5 rings (SSSR count). The summed E-state index contributed by atoms with van der Waals surface area (Å²) in [5.41, 5.74) is 3.04. The molecular formula is C35H49FN4O5Si. The lowest BCUT2D eigenvalue weighted by Gasteiger charge is -2.36. The molecule has 1 aliphatic rings. The molecule has 2 aromatic carbocycles. The molecule has 9 nitrogen and oxygen atoms in total. The molecule has 250 valence electrons. The first-order valence-electron chi connectivity index (χ1n) is 16.4. The molecule has 2 aromatic heterocycles. The molecule has 1 fully saturated rings. The fourth-order valence-electron chi connectivity index (χ4n) is 5.14. The minimum Gasteiger partial charge on any atom is -0.543 e. The molecule has 11 heteroatoms. The van der Waals surface area contributed by atoms with Crippen molar-refractivity contribution in [1.29, 1.82) is 0 Å². The first kappa shape index (κ1) is 34.2. The molecule has 0 aliphatic carbocycles. The maximum atomic E-state index is 15.9. The number of fused-ring (bicyclic) bond motifs is 1. The molecule has 46 heavy (non-hydrogen) atoms. The quantitative estimate of drug-likeness (QED) is 0.0959. The van der Waals surface area contributed by atoms with Crippen LogP contribution in [0.25, 0.3) is 22.2 Å². The number of nitrogens with zero attached hydrogens (tertiary/aromatic N) is 4. The molecule has 0 N–H and O–H groups in total. The van der Waals surface area contributed by atoms with Gasteiger partial charge in [-0.05, 0) is 55.9 Å². The molecule has 0 bridgehead atoms. The van der Waals surface area contributed by atoms with Crippen molar-refractivity contribution in [2.24, 2.45) is 0 Å². The van der Waals surface area contributed by atoms with E-state index >= 15 is 4.39 Å². The summed E-state index contributed by atoms with van der Waals surface area (Å²) in [6.45, 7) is 16.6. The van der Waals surface area contributed by atoms with Gasteiger partial charge in [0.15, 0.2) is 12.0 Å². The number of hydrogen-bond donors (Lipinski definition) is 0. The van der Waals surface area contributed by atoms with Crippen LogP contribution in [-0.2, 0) is 32.1 Å².